The van der Waals surface area contributed by atoms with Crippen LogP contribution in [0.5, 0.6) is 5.75 Å². The van der Waals surface area contributed by atoms with E-state index in [1.807, 2.05) is 25.1 Å². The van der Waals surface area contributed by atoms with Gasteiger partial charge >= 0.3 is 0 Å². The third-order valence-corrected chi connectivity index (χ3v) is 3.64. The summed E-state index contributed by atoms with van der Waals surface area (Å²) in [5, 5.41) is 6.11. The topological polar surface area (TPSA) is 67.4 Å². The fourth-order valence-corrected chi connectivity index (χ4v) is 2.47. The molecule has 0 aliphatic rings. The third kappa shape index (κ3) is 5.28. The van der Waals surface area contributed by atoms with Gasteiger partial charge in [0.25, 0.3) is 5.91 Å². The van der Waals surface area contributed by atoms with Crippen molar-refractivity contribution in [2.24, 2.45) is 0 Å². The summed E-state index contributed by atoms with van der Waals surface area (Å²) in [5.74, 6) is 0.162. The van der Waals surface area contributed by atoms with Crippen LogP contribution in [-0.2, 0) is 9.59 Å². The van der Waals surface area contributed by atoms with E-state index in [0.29, 0.717) is 16.5 Å². The van der Waals surface area contributed by atoms with Crippen LogP contribution in [0.4, 0.5) is 5.69 Å². The minimum Gasteiger partial charge on any atom is -0.484 e. The Kier molecular flexibility index (Phi) is 6.21. The van der Waals surface area contributed by atoms with E-state index >= 15 is 0 Å². The first-order valence-corrected chi connectivity index (χ1v) is 7.87. The minimum atomic E-state index is -0.242. The Hall–Kier alpha value is -2.53. The van der Waals surface area contributed by atoms with Crippen molar-refractivity contribution in [1.29, 1.82) is 0 Å². The van der Waals surface area contributed by atoms with Gasteiger partial charge in [-0.1, -0.05) is 29.8 Å². The van der Waals surface area contributed by atoms with Crippen LogP contribution in [0.3, 0.4) is 0 Å². The second-order valence-corrected chi connectivity index (χ2v) is 5.71. The van der Waals surface area contributed by atoms with Gasteiger partial charge in [-0.15, -0.1) is 0 Å². The second kappa shape index (κ2) is 8.36. The maximum atomic E-state index is 12.0. The molecule has 0 spiro atoms. The van der Waals surface area contributed by atoms with Gasteiger partial charge in [-0.05, 0) is 42.8 Å². The molecule has 0 radical (unpaired) electrons. The van der Waals surface area contributed by atoms with Gasteiger partial charge < -0.3 is 15.4 Å². The predicted molar refractivity (Wildman–Crippen MR) is 94.3 cm³/mol. The van der Waals surface area contributed by atoms with E-state index in [1.165, 1.54) is 6.92 Å². The van der Waals surface area contributed by atoms with Crippen LogP contribution < -0.4 is 15.4 Å². The second-order valence-electron chi connectivity index (χ2n) is 5.30. The molecule has 0 heterocycles. The summed E-state index contributed by atoms with van der Waals surface area (Å²) in [5.41, 5.74) is 1.53. The lowest BCUT2D eigenvalue weighted by Crippen LogP contribution is -2.31. The molecule has 2 amide bonds. The van der Waals surface area contributed by atoms with Gasteiger partial charge in [-0.3, -0.25) is 9.59 Å². The zero-order valence-corrected chi connectivity index (χ0v) is 14.3. The van der Waals surface area contributed by atoms with E-state index in [4.69, 9.17) is 16.3 Å². The molecular formula is C18H19ClN2O3. The highest BCUT2D eigenvalue weighted by atomic mass is 35.5. The highest BCUT2D eigenvalue weighted by Gasteiger charge is 2.12. The quantitative estimate of drug-likeness (QED) is 0.840. The van der Waals surface area contributed by atoms with Crippen molar-refractivity contribution in [3.05, 3.63) is 59.1 Å². The molecule has 6 heteroatoms. The lowest BCUT2D eigenvalue weighted by atomic mass is 10.1. The zero-order valence-electron chi connectivity index (χ0n) is 13.5. The van der Waals surface area contributed by atoms with Crippen LogP contribution in [0.15, 0.2) is 48.5 Å². The van der Waals surface area contributed by atoms with Gasteiger partial charge in [0, 0.05) is 17.6 Å². The van der Waals surface area contributed by atoms with Crippen LogP contribution in [-0.4, -0.2) is 18.4 Å². The number of hydrogen-bond donors (Lipinski definition) is 2. The predicted octanol–water partition coefficient (Wildman–Crippen LogP) is 3.55. The molecule has 0 saturated carbocycles. The number of carbonyl (C=O) groups excluding carboxylic acids is 2. The average Bonchev–Trinajstić information content (AvgIpc) is 2.54. The first-order chi connectivity index (χ1) is 11.5. The monoisotopic (exact) mass is 346 g/mol. The van der Waals surface area contributed by atoms with Crippen LogP contribution in [0.1, 0.15) is 25.5 Å². The molecule has 0 bridgehead atoms. The van der Waals surface area contributed by atoms with Crippen molar-refractivity contribution >= 4 is 29.1 Å². The molecule has 2 N–H and O–H groups in total. The van der Waals surface area contributed by atoms with E-state index in [9.17, 15) is 9.59 Å². The summed E-state index contributed by atoms with van der Waals surface area (Å²) in [4.78, 5) is 22.9. The van der Waals surface area contributed by atoms with Gasteiger partial charge in [0.15, 0.2) is 6.61 Å². The van der Waals surface area contributed by atoms with Crippen LogP contribution >= 0.6 is 11.6 Å². The first-order valence-electron chi connectivity index (χ1n) is 7.50. The highest BCUT2D eigenvalue weighted by Crippen LogP contribution is 2.22. The van der Waals surface area contributed by atoms with Crippen LogP contribution in [0, 0.1) is 0 Å². The Morgan fingerprint density at radius 1 is 1.12 bits per heavy atom. The van der Waals surface area contributed by atoms with Gasteiger partial charge in [0.1, 0.15) is 5.75 Å². The normalized spacial score (nSPS) is 11.5. The smallest absolute Gasteiger partial charge is 0.258 e. The molecule has 2 aromatic rings. The van der Waals surface area contributed by atoms with Crippen molar-refractivity contribution in [2.75, 3.05) is 11.9 Å². The molecule has 0 aromatic heterocycles. The average molecular weight is 347 g/mol. The summed E-state index contributed by atoms with van der Waals surface area (Å²) in [6.45, 7) is 3.20. The van der Waals surface area contributed by atoms with Crippen molar-refractivity contribution < 1.29 is 14.3 Å². The molecular weight excluding hydrogens is 328 g/mol. The lowest BCUT2D eigenvalue weighted by Gasteiger charge is -2.16. The van der Waals surface area contributed by atoms with Gasteiger partial charge in [0.05, 0.1) is 6.04 Å². The number of halogens is 1. The van der Waals surface area contributed by atoms with Crippen molar-refractivity contribution in [2.45, 2.75) is 19.9 Å². The number of hydrogen-bond acceptors (Lipinski definition) is 3. The Balaban J connectivity index is 1.84. The van der Waals surface area contributed by atoms with Crippen LogP contribution in [0.25, 0.3) is 0 Å². The number of anilines is 1. The largest absolute Gasteiger partial charge is 0.484 e. The molecule has 0 saturated heterocycles. The number of ether oxygens (including phenoxy) is 1. The summed E-state index contributed by atoms with van der Waals surface area (Å²) in [6.07, 6.45) is 0. The van der Waals surface area contributed by atoms with E-state index in [0.717, 1.165) is 5.56 Å². The first kappa shape index (κ1) is 17.8. The van der Waals surface area contributed by atoms with Crippen LogP contribution in [0.2, 0.25) is 5.02 Å². The molecule has 0 unspecified atom stereocenters. The summed E-state index contributed by atoms with van der Waals surface area (Å²) >= 11 is 6.11. The van der Waals surface area contributed by atoms with Crippen molar-refractivity contribution in [3.63, 3.8) is 0 Å². The number of benzene rings is 2. The molecule has 1 atom stereocenters. The fraction of sp³-hybridized carbons (Fsp3) is 0.222. The summed E-state index contributed by atoms with van der Waals surface area (Å²) in [7, 11) is 0. The lowest BCUT2D eigenvalue weighted by molar-refractivity contribution is -0.123. The van der Waals surface area contributed by atoms with Gasteiger partial charge in [-0.2, -0.15) is 0 Å². The Bertz CT molecular complexity index is 716. The summed E-state index contributed by atoms with van der Waals surface area (Å²) < 4.78 is 5.44. The molecule has 0 aliphatic carbocycles. The Morgan fingerprint density at radius 2 is 1.79 bits per heavy atom. The molecule has 2 aromatic carbocycles. The Morgan fingerprint density at radius 3 is 2.42 bits per heavy atom. The number of amides is 2. The molecule has 0 aliphatic heterocycles. The Labute approximate surface area is 146 Å². The molecule has 126 valence electrons. The van der Waals surface area contributed by atoms with E-state index in [2.05, 4.69) is 10.6 Å². The van der Waals surface area contributed by atoms with Crippen molar-refractivity contribution in [1.82, 2.24) is 5.32 Å². The molecule has 5 nitrogen and oxygen atoms in total. The summed E-state index contributed by atoms with van der Waals surface area (Å²) in [6, 6.07) is 14.0. The molecule has 0 fully saturated rings. The maximum absolute atomic E-state index is 12.0. The van der Waals surface area contributed by atoms with Crippen molar-refractivity contribution in [3.8, 4) is 5.75 Å². The maximum Gasteiger partial charge on any atom is 0.258 e. The fourth-order valence-electron chi connectivity index (χ4n) is 2.17. The SMILES string of the molecule is CC(=O)Nc1ccc(OCC(=O)N[C@H](C)c2ccccc2Cl)cc1. The van der Waals surface area contributed by atoms with Gasteiger partial charge in [0.2, 0.25) is 5.91 Å². The minimum absolute atomic E-state index is 0.103. The standard InChI is InChI=1S/C18H19ClN2O3/c1-12(16-5-3-4-6-17(16)19)20-18(23)11-24-15-9-7-14(8-10-15)21-13(2)22/h3-10,12H,11H2,1-2H3,(H,20,23)(H,21,22)/t12-/m1/s1. The highest BCUT2D eigenvalue weighted by molar-refractivity contribution is 6.31. The molecule has 2 rings (SSSR count). The number of nitrogens with one attached hydrogen (secondary N) is 2. The zero-order chi connectivity index (χ0) is 17.5. The van der Waals surface area contributed by atoms with E-state index in [1.54, 1.807) is 30.3 Å². The van der Waals surface area contributed by atoms with E-state index in [-0.39, 0.29) is 24.5 Å². The van der Waals surface area contributed by atoms with Gasteiger partial charge in [-0.25, -0.2) is 0 Å². The molecule has 24 heavy (non-hydrogen) atoms. The van der Waals surface area contributed by atoms with E-state index < -0.39 is 0 Å². The third-order valence-electron chi connectivity index (χ3n) is 3.29. The number of carbonyl (C=O) groups is 2. The number of rotatable bonds is 6.